The molecule has 2 aromatic rings. The Bertz CT molecular complexity index is 543. The summed E-state index contributed by atoms with van der Waals surface area (Å²) in [4.78, 5) is 0. The van der Waals surface area contributed by atoms with Gasteiger partial charge in [-0.1, -0.05) is 17.7 Å². The lowest BCUT2D eigenvalue weighted by Crippen LogP contribution is -1.96. The van der Waals surface area contributed by atoms with Gasteiger partial charge in [-0.05, 0) is 55.2 Å². The molecule has 0 bridgehead atoms. The van der Waals surface area contributed by atoms with Crippen LogP contribution < -0.4 is 0 Å². The molecule has 0 N–H and O–H groups in total. The predicted molar refractivity (Wildman–Crippen MR) is 72.1 cm³/mol. The van der Waals surface area contributed by atoms with Gasteiger partial charge in [-0.3, -0.25) is 0 Å². The molecule has 1 nitrogen and oxygen atoms in total. The van der Waals surface area contributed by atoms with Gasteiger partial charge in [0.1, 0.15) is 11.1 Å². The van der Waals surface area contributed by atoms with Crippen LogP contribution in [-0.4, -0.2) is 0 Å². The number of hydrogen-bond acceptors (Lipinski definition) is 1. The summed E-state index contributed by atoms with van der Waals surface area (Å²) in [5, 5.41) is 0.348. The second-order valence-electron chi connectivity index (χ2n) is 4.29. The predicted octanol–water partition coefficient (Wildman–Crippen LogP) is 5.19. The van der Waals surface area contributed by atoms with Gasteiger partial charge in [0.25, 0.3) is 0 Å². The summed E-state index contributed by atoms with van der Waals surface area (Å²) in [6, 6.07) is 5.87. The van der Waals surface area contributed by atoms with Crippen LogP contribution in [0.4, 0.5) is 0 Å². The third-order valence-electron chi connectivity index (χ3n) is 3.02. The van der Waals surface area contributed by atoms with E-state index in [0.29, 0.717) is 5.02 Å². The third kappa shape index (κ3) is 2.36. The molecule has 0 saturated carbocycles. The molecule has 2 rings (SSSR count). The Hall–Kier alpha value is -0.920. The lowest BCUT2D eigenvalue weighted by Gasteiger charge is -2.13. The van der Waals surface area contributed by atoms with Crippen molar-refractivity contribution < 1.29 is 4.42 Å². The Labute approximate surface area is 111 Å². The maximum atomic E-state index is 6.43. The molecule has 0 radical (unpaired) electrons. The average Bonchev–Trinajstić information content (AvgIpc) is 2.69. The Morgan fingerprint density at radius 2 is 1.71 bits per heavy atom. The molecule has 0 fully saturated rings. The topological polar surface area (TPSA) is 13.1 Å². The smallest absolute Gasteiger partial charge is 0.129 e. The minimum Gasteiger partial charge on any atom is -0.467 e. The van der Waals surface area contributed by atoms with Crippen LogP contribution in [0.2, 0.25) is 5.02 Å². The first kappa shape index (κ1) is 12.5. The highest BCUT2D eigenvalue weighted by Gasteiger charge is 2.19. The summed E-state index contributed by atoms with van der Waals surface area (Å²) in [6.07, 6.45) is 1.65. The number of alkyl halides is 1. The molecule has 1 heterocycles. The maximum Gasteiger partial charge on any atom is 0.129 e. The van der Waals surface area contributed by atoms with Crippen molar-refractivity contribution in [2.75, 3.05) is 0 Å². The molecule has 0 aliphatic carbocycles. The van der Waals surface area contributed by atoms with E-state index in [9.17, 15) is 0 Å². The number of furan rings is 1. The first-order valence-electron chi connectivity index (χ1n) is 5.45. The highest BCUT2D eigenvalue weighted by molar-refractivity contribution is 6.33. The van der Waals surface area contributed by atoms with Gasteiger partial charge in [0.15, 0.2) is 0 Å². The summed E-state index contributed by atoms with van der Waals surface area (Å²) in [7, 11) is 0. The maximum absolute atomic E-state index is 6.43. The number of benzene rings is 1. The van der Waals surface area contributed by atoms with Crippen molar-refractivity contribution in [2.24, 2.45) is 0 Å². The molecule has 1 unspecified atom stereocenters. The van der Waals surface area contributed by atoms with Crippen LogP contribution >= 0.6 is 23.2 Å². The third-order valence-corrected chi connectivity index (χ3v) is 3.78. The molecule has 0 amide bonds. The van der Waals surface area contributed by atoms with Crippen molar-refractivity contribution in [2.45, 2.75) is 26.1 Å². The average molecular weight is 269 g/mol. The van der Waals surface area contributed by atoms with E-state index in [-0.39, 0.29) is 5.38 Å². The van der Waals surface area contributed by atoms with Crippen molar-refractivity contribution in [3.8, 4) is 0 Å². The first-order chi connectivity index (χ1) is 8.00. The second kappa shape index (κ2) is 4.75. The van der Waals surface area contributed by atoms with Gasteiger partial charge in [0.2, 0.25) is 0 Å². The molecule has 0 aliphatic heterocycles. The van der Waals surface area contributed by atoms with Crippen molar-refractivity contribution in [3.05, 3.63) is 57.5 Å². The molecule has 0 aliphatic rings. The zero-order valence-electron chi connectivity index (χ0n) is 10.1. The molecule has 17 heavy (non-hydrogen) atoms. The summed E-state index contributed by atoms with van der Waals surface area (Å²) < 4.78 is 5.41. The SMILES string of the molecule is Cc1cc(Cl)c(C(Cl)c2occc2C)cc1C. The molecular formula is C14H14Cl2O. The Morgan fingerprint density at radius 3 is 2.29 bits per heavy atom. The normalized spacial score (nSPS) is 12.8. The molecular weight excluding hydrogens is 255 g/mol. The van der Waals surface area contributed by atoms with Gasteiger partial charge in [0, 0.05) is 5.02 Å². The Balaban J connectivity index is 2.48. The van der Waals surface area contributed by atoms with Gasteiger partial charge < -0.3 is 4.42 Å². The van der Waals surface area contributed by atoms with E-state index >= 15 is 0 Å². The number of hydrogen-bond donors (Lipinski definition) is 0. The van der Waals surface area contributed by atoms with Gasteiger partial charge in [0.05, 0.1) is 6.26 Å². The lowest BCUT2D eigenvalue weighted by molar-refractivity contribution is 0.513. The van der Waals surface area contributed by atoms with Crippen LogP contribution in [0.25, 0.3) is 0 Å². The van der Waals surface area contributed by atoms with E-state index in [1.807, 2.05) is 39.0 Å². The second-order valence-corrected chi connectivity index (χ2v) is 5.13. The van der Waals surface area contributed by atoms with Crippen LogP contribution in [0.3, 0.4) is 0 Å². The summed E-state index contributed by atoms with van der Waals surface area (Å²) in [6.45, 7) is 6.06. The molecule has 3 heteroatoms. The zero-order valence-corrected chi connectivity index (χ0v) is 11.6. The fraction of sp³-hybridized carbons (Fsp3) is 0.286. The van der Waals surface area contributed by atoms with Gasteiger partial charge >= 0.3 is 0 Å². The largest absolute Gasteiger partial charge is 0.467 e. The summed E-state index contributed by atoms with van der Waals surface area (Å²) in [5.74, 6) is 0.761. The number of rotatable bonds is 2. The van der Waals surface area contributed by atoms with Crippen LogP contribution in [0.1, 0.15) is 33.4 Å². The first-order valence-corrected chi connectivity index (χ1v) is 6.27. The van der Waals surface area contributed by atoms with Crippen LogP contribution in [0, 0.1) is 20.8 Å². The monoisotopic (exact) mass is 268 g/mol. The molecule has 1 aromatic carbocycles. The van der Waals surface area contributed by atoms with E-state index in [4.69, 9.17) is 27.6 Å². The van der Waals surface area contributed by atoms with Crippen LogP contribution in [0.5, 0.6) is 0 Å². The summed E-state index contributed by atoms with van der Waals surface area (Å²) in [5.41, 5.74) is 4.28. The standard InChI is InChI=1S/C14H14Cl2O/c1-8-4-5-17-14(8)13(16)11-6-9(2)10(3)7-12(11)15/h4-7,13H,1-3H3. The zero-order chi connectivity index (χ0) is 12.6. The van der Waals surface area contributed by atoms with Crippen molar-refractivity contribution in [1.82, 2.24) is 0 Å². The van der Waals surface area contributed by atoms with E-state index in [2.05, 4.69) is 0 Å². The van der Waals surface area contributed by atoms with Crippen molar-refractivity contribution >= 4 is 23.2 Å². The number of aryl methyl sites for hydroxylation is 3. The van der Waals surface area contributed by atoms with E-state index in [1.54, 1.807) is 6.26 Å². The highest BCUT2D eigenvalue weighted by Crippen LogP contribution is 2.36. The van der Waals surface area contributed by atoms with Gasteiger partial charge in [-0.2, -0.15) is 0 Å². The Kier molecular flexibility index (Phi) is 3.50. The molecule has 1 aromatic heterocycles. The van der Waals surface area contributed by atoms with E-state index < -0.39 is 0 Å². The fourth-order valence-corrected chi connectivity index (χ4v) is 2.57. The molecule has 0 spiro atoms. The molecule has 1 atom stereocenters. The minimum absolute atomic E-state index is 0.336. The molecule has 0 saturated heterocycles. The van der Waals surface area contributed by atoms with Crippen LogP contribution in [0.15, 0.2) is 28.9 Å². The quantitative estimate of drug-likeness (QED) is 0.684. The summed E-state index contributed by atoms with van der Waals surface area (Å²) >= 11 is 12.7. The van der Waals surface area contributed by atoms with Gasteiger partial charge in [-0.15, -0.1) is 11.6 Å². The van der Waals surface area contributed by atoms with Gasteiger partial charge in [-0.25, -0.2) is 0 Å². The van der Waals surface area contributed by atoms with Crippen molar-refractivity contribution in [3.63, 3.8) is 0 Å². The minimum atomic E-state index is -0.336. The van der Waals surface area contributed by atoms with E-state index in [0.717, 1.165) is 16.9 Å². The lowest BCUT2D eigenvalue weighted by atomic mass is 10.0. The Morgan fingerprint density at radius 1 is 1.06 bits per heavy atom. The highest BCUT2D eigenvalue weighted by atomic mass is 35.5. The fourth-order valence-electron chi connectivity index (χ4n) is 1.78. The number of halogens is 2. The molecule has 90 valence electrons. The van der Waals surface area contributed by atoms with Crippen molar-refractivity contribution in [1.29, 1.82) is 0 Å². The van der Waals surface area contributed by atoms with Crippen LogP contribution in [-0.2, 0) is 0 Å². The van der Waals surface area contributed by atoms with E-state index in [1.165, 1.54) is 11.1 Å².